The number of alkyl halides is 1. The Kier molecular flexibility index (Phi) is 6.20. The highest BCUT2D eigenvalue weighted by molar-refractivity contribution is 6.18. The Morgan fingerprint density at radius 2 is 1.94 bits per heavy atom. The number of aryl methyl sites for hydroxylation is 1. The third-order valence-corrected chi connectivity index (χ3v) is 3.43. The van der Waals surface area contributed by atoms with Crippen molar-refractivity contribution in [2.45, 2.75) is 33.6 Å². The van der Waals surface area contributed by atoms with E-state index in [1.165, 1.54) is 5.69 Å². The second kappa shape index (κ2) is 7.42. The molecule has 0 bridgehead atoms. The molecule has 18 heavy (non-hydrogen) atoms. The van der Waals surface area contributed by atoms with Crippen LogP contribution in [0.2, 0.25) is 0 Å². The van der Waals surface area contributed by atoms with Gasteiger partial charge >= 0.3 is 0 Å². The van der Waals surface area contributed by atoms with E-state index in [9.17, 15) is 4.79 Å². The maximum absolute atomic E-state index is 11.9. The molecule has 0 saturated carbocycles. The molecule has 0 N–H and O–H groups in total. The van der Waals surface area contributed by atoms with Crippen LogP contribution in [0.1, 0.15) is 42.6 Å². The van der Waals surface area contributed by atoms with E-state index in [0.29, 0.717) is 12.3 Å². The Bertz CT molecular complexity index is 399. The summed E-state index contributed by atoms with van der Waals surface area (Å²) in [5, 5.41) is 0. The summed E-state index contributed by atoms with van der Waals surface area (Å²) in [7, 11) is 0. The lowest BCUT2D eigenvalue weighted by atomic mass is 10.0. The molecule has 0 aliphatic heterocycles. The maximum atomic E-state index is 11.9. The van der Waals surface area contributed by atoms with E-state index >= 15 is 0 Å². The van der Waals surface area contributed by atoms with Crippen molar-refractivity contribution in [1.29, 1.82) is 0 Å². The molecule has 0 unspecified atom stereocenters. The van der Waals surface area contributed by atoms with E-state index < -0.39 is 0 Å². The number of carbonyl (C=O) groups is 1. The first-order valence-corrected chi connectivity index (χ1v) is 7.12. The van der Waals surface area contributed by atoms with Crippen LogP contribution in [0.4, 0.5) is 5.69 Å². The van der Waals surface area contributed by atoms with Crippen LogP contribution in [0.5, 0.6) is 0 Å². The summed E-state index contributed by atoms with van der Waals surface area (Å²) < 4.78 is 0. The summed E-state index contributed by atoms with van der Waals surface area (Å²) in [5.41, 5.74) is 3.18. The fraction of sp³-hybridized carbons (Fsp3) is 0.533. The number of hydrogen-bond donors (Lipinski definition) is 0. The number of ketones is 1. The van der Waals surface area contributed by atoms with Crippen molar-refractivity contribution in [3.63, 3.8) is 0 Å². The minimum absolute atomic E-state index is 0.185. The molecule has 0 heterocycles. The number of nitrogens with zero attached hydrogens (tertiary/aromatic N) is 1. The molecule has 1 aromatic rings. The molecule has 0 aliphatic carbocycles. The largest absolute Gasteiger partial charge is 0.372 e. The predicted molar refractivity (Wildman–Crippen MR) is 79.0 cm³/mol. The summed E-state index contributed by atoms with van der Waals surface area (Å²) >= 11 is 5.61. The van der Waals surface area contributed by atoms with Gasteiger partial charge in [-0.15, -0.1) is 11.6 Å². The predicted octanol–water partition coefficient (Wildman–Crippen LogP) is 4.04. The molecular formula is C15H22ClNO. The highest BCUT2D eigenvalue weighted by Gasteiger charge is 2.10. The zero-order valence-corrected chi connectivity index (χ0v) is 12.3. The third kappa shape index (κ3) is 3.74. The number of anilines is 1. The van der Waals surface area contributed by atoms with Crippen LogP contribution in [0.25, 0.3) is 0 Å². The number of rotatable bonds is 7. The van der Waals surface area contributed by atoms with Crippen molar-refractivity contribution >= 4 is 23.1 Å². The van der Waals surface area contributed by atoms with Crippen LogP contribution < -0.4 is 4.90 Å². The SMILES string of the molecule is CCN(CC)c1ccc(C(=O)CCCCl)cc1C. The Hall–Kier alpha value is -1.02. The van der Waals surface area contributed by atoms with Crippen molar-refractivity contribution in [3.8, 4) is 0 Å². The van der Waals surface area contributed by atoms with Crippen molar-refractivity contribution in [3.05, 3.63) is 29.3 Å². The minimum Gasteiger partial charge on any atom is -0.372 e. The van der Waals surface area contributed by atoms with Crippen molar-refractivity contribution in [1.82, 2.24) is 0 Å². The van der Waals surface area contributed by atoms with E-state index in [-0.39, 0.29) is 5.78 Å². The summed E-state index contributed by atoms with van der Waals surface area (Å²) in [6.07, 6.45) is 1.28. The molecule has 0 fully saturated rings. The topological polar surface area (TPSA) is 20.3 Å². The van der Waals surface area contributed by atoms with Gasteiger partial charge in [0.25, 0.3) is 0 Å². The van der Waals surface area contributed by atoms with Gasteiger partial charge in [0.2, 0.25) is 0 Å². The van der Waals surface area contributed by atoms with E-state index in [1.807, 2.05) is 12.1 Å². The van der Waals surface area contributed by atoms with Gasteiger partial charge in [0.05, 0.1) is 0 Å². The molecule has 1 rings (SSSR count). The second-order valence-electron chi connectivity index (χ2n) is 4.39. The lowest BCUT2D eigenvalue weighted by Crippen LogP contribution is -2.22. The van der Waals surface area contributed by atoms with E-state index in [0.717, 1.165) is 30.6 Å². The smallest absolute Gasteiger partial charge is 0.162 e. The average Bonchev–Trinajstić information content (AvgIpc) is 2.39. The third-order valence-electron chi connectivity index (χ3n) is 3.16. The summed E-state index contributed by atoms with van der Waals surface area (Å²) in [6, 6.07) is 5.97. The first kappa shape index (κ1) is 15.0. The van der Waals surface area contributed by atoms with Crippen LogP contribution in [-0.4, -0.2) is 24.8 Å². The molecule has 0 amide bonds. The summed E-state index contributed by atoms with van der Waals surface area (Å²) in [6.45, 7) is 8.31. The molecule has 3 heteroatoms. The number of carbonyl (C=O) groups excluding carboxylic acids is 1. The van der Waals surface area contributed by atoms with Gasteiger partial charge in [0.15, 0.2) is 5.78 Å². The Labute approximate surface area is 115 Å². The Morgan fingerprint density at radius 1 is 1.28 bits per heavy atom. The highest BCUT2D eigenvalue weighted by atomic mass is 35.5. The van der Waals surface area contributed by atoms with Gasteiger partial charge in [-0.25, -0.2) is 0 Å². The number of Topliss-reactive ketones (excluding diaryl/α,β-unsaturated/α-hetero) is 1. The first-order chi connectivity index (χ1) is 8.63. The van der Waals surface area contributed by atoms with Gasteiger partial charge in [-0.1, -0.05) is 0 Å². The lowest BCUT2D eigenvalue weighted by Gasteiger charge is -2.23. The quantitative estimate of drug-likeness (QED) is 0.549. The molecular weight excluding hydrogens is 246 g/mol. The fourth-order valence-electron chi connectivity index (χ4n) is 2.12. The van der Waals surface area contributed by atoms with E-state index in [1.54, 1.807) is 0 Å². The molecule has 0 aromatic heterocycles. The molecule has 100 valence electrons. The normalized spacial score (nSPS) is 10.4. The molecule has 2 nitrogen and oxygen atoms in total. The van der Waals surface area contributed by atoms with Gasteiger partial charge in [-0.05, 0) is 51.0 Å². The average molecular weight is 268 g/mol. The second-order valence-corrected chi connectivity index (χ2v) is 4.77. The zero-order chi connectivity index (χ0) is 13.5. The van der Waals surface area contributed by atoms with Crippen molar-refractivity contribution in [2.24, 2.45) is 0 Å². The van der Waals surface area contributed by atoms with Gasteiger partial charge in [0, 0.05) is 36.6 Å². The van der Waals surface area contributed by atoms with Crippen LogP contribution in [0, 0.1) is 6.92 Å². The lowest BCUT2D eigenvalue weighted by molar-refractivity contribution is 0.0982. The molecule has 0 atom stereocenters. The van der Waals surface area contributed by atoms with Crippen LogP contribution in [-0.2, 0) is 0 Å². The summed E-state index contributed by atoms with van der Waals surface area (Å²) in [4.78, 5) is 14.2. The number of benzene rings is 1. The zero-order valence-electron chi connectivity index (χ0n) is 11.5. The number of halogens is 1. The van der Waals surface area contributed by atoms with Crippen molar-refractivity contribution < 1.29 is 4.79 Å². The van der Waals surface area contributed by atoms with Crippen LogP contribution >= 0.6 is 11.6 Å². The van der Waals surface area contributed by atoms with Crippen LogP contribution in [0.3, 0.4) is 0 Å². The van der Waals surface area contributed by atoms with Gasteiger partial charge < -0.3 is 4.90 Å². The Balaban J connectivity index is 2.88. The van der Waals surface area contributed by atoms with Gasteiger partial charge in [0.1, 0.15) is 0 Å². The summed E-state index contributed by atoms with van der Waals surface area (Å²) in [5.74, 6) is 0.729. The monoisotopic (exact) mass is 267 g/mol. The highest BCUT2D eigenvalue weighted by Crippen LogP contribution is 2.22. The standard InChI is InChI=1S/C15H22ClNO/c1-4-17(5-2)14-9-8-13(11-12(14)3)15(18)7-6-10-16/h8-9,11H,4-7,10H2,1-3H3. The van der Waals surface area contributed by atoms with Crippen LogP contribution in [0.15, 0.2) is 18.2 Å². The molecule has 0 aliphatic rings. The maximum Gasteiger partial charge on any atom is 0.162 e. The van der Waals surface area contributed by atoms with Gasteiger partial charge in [-0.3, -0.25) is 4.79 Å². The fourth-order valence-corrected chi connectivity index (χ4v) is 2.25. The van der Waals surface area contributed by atoms with E-state index in [2.05, 4.69) is 31.7 Å². The molecule has 0 saturated heterocycles. The van der Waals surface area contributed by atoms with Gasteiger partial charge in [-0.2, -0.15) is 0 Å². The van der Waals surface area contributed by atoms with E-state index in [4.69, 9.17) is 11.6 Å². The molecule has 0 spiro atoms. The molecule has 1 aromatic carbocycles. The molecule has 0 radical (unpaired) electrons. The first-order valence-electron chi connectivity index (χ1n) is 6.58. The van der Waals surface area contributed by atoms with Crippen molar-refractivity contribution in [2.75, 3.05) is 23.9 Å². The number of hydrogen-bond acceptors (Lipinski definition) is 2. The Morgan fingerprint density at radius 3 is 2.44 bits per heavy atom. The minimum atomic E-state index is 0.185.